The minimum absolute atomic E-state index is 0.0696. The van der Waals surface area contributed by atoms with Crippen molar-refractivity contribution >= 4 is 17.2 Å². The second kappa shape index (κ2) is 7.24. The number of furan rings is 1. The Labute approximate surface area is 139 Å². The molecule has 2 heterocycles. The van der Waals surface area contributed by atoms with Crippen LogP contribution in [0.15, 0.2) is 52.3 Å². The molecular weight excluding hydrogens is 308 g/mol. The van der Waals surface area contributed by atoms with Gasteiger partial charge in [-0.05, 0) is 24.1 Å². The van der Waals surface area contributed by atoms with Gasteiger partial charge >= 0.3 is 0 Å². The van der Waals surface area contributed by atoms with E-state index in [9.17, 15) is 4.79 Å². The number of thiazole rings is 1. The summed E-state index contributed by atoms with van der Waals surface area (Å²) in [4.78, 5) is 15.6. The number of rotatable bonds is 6. The molecule has 118 valence electrons. The van der Waals surface area contributed by atoms with Crippen LogP contribution in [0.3, 0.4) is 0 Å². The van der Waals surface area contributed by atoms with Gasteiger partial charge in [-0.3, -0.25) is 4.79 Å². The summed E-state index contributed by atoms with van der Waals surface area (Å²) < 4.78 is 5.73. The van der Waals surface area contributed by atoms with Crippen LogP contribution in [0.25, 0.3) is 11.5 Å². The van der Waals surface area contributed by atoms with Crippen molar-refractivity contribution in [2.24, 2.45) is 0 Å². The van der Waals surface area contributed by atoms with Crippen molar-refractivity contribution in [3.05, 3.63) is 64.2 Å². The van der Waals surface area contributed by atoms with Crippen molar-refractivity contribution in [1.29, 1.82) is 0 Å². The highest BCUT2D eigenvalue weighted by atomic mass is 32.1. The number of amides is 1. The molecule has 0 aliphatic carbocycles. The average molecular weight is 326 g/mol. The van der Waals surface area contributed by atoms with Gasteiger partial charge < -0.3 is 9.73 Å². The highest BCUT2D eigenvalue weighted by Crippen LogP contribution is 2.24. The quantitative estimate of drug-likeness (QED) is 0.749. The third-order valence-electron chi connectivity index (χ3n) is 3.45. The van der Waals surface area contributed by atoms with Crippen LogP contribution < -0.4 is 5.32 Å². The molecular formula is C18H18N2O2S. The van der Waals surface area contributed by atoms with E-state index in [0.717, 1.165) is 35.1 Å². The first-order valence-corrected chi connectivity index (χ1v) is 8.40. The van der Waals surface area contributed by atoms with Gasteiger partial charge in [0.2, 0.25) is 5.91 Å². The molecule has 4 nitrogen and oxygen atoms in total. The van der Waals surface area contributed by atoms with Gasteiger partial charge in [0.1, 0.15) is 11.5 Å². The summed E-state index contributed by atoms with van der Waals surface area (Å²) in [7, 11) is 0. The number of aromatic nitrogens is 1. The minimum Gasteiger partial charge on any atom is -0.458 e. The van der Waals surface area contributed by atoms with Crippen molar-refractivity contribution in [1.82, 2.24) is 10.3 Å². The first-order valence-electron chi connectivity index (χ1n) is 7.52. The van der Waals surface area contributed by atoms with Gasteiger partial charge in [-0.15, -0.1) is 11.3 Å². The molecule has 0 saturated carbocycles. The Balaban J connectivity index is 1.61. The van der Waals surface area contributed by atoms with E-state index < -0.39 is 0 Å². The Morgan fingerprint density at radius 1 is 1.17 bits per heavy atom. The minimum atomic E-state index is -0.0696. The van der Waals surface area contributed by atoms with E-state index in [1.165, 1.54) is 12.5 Å². The molecule has 3 aromatic rings. The molecule has 0 saturated heterocycles. The molecule has 0 radical (unpaired) electrons. The summed E-state index contributed by atoms with van der Waals surface area (Å²) in [5, 5.41) is 5.84. The number of nitrogens with zero attached hydrogens (tertiary/aromatic N) is 1. The lowest BCUT2D eigenvalue weighted by molar-refractivity contribution is -0.119. The highest BCUT2D eigenvalue weighted by molar-refractivity contribution is 7.09. The zero-order chi connectivity index (χ0) is 16.1. The molecule has 5 heteroatoms. The Kier molecular flexibility index (Phi) is 4.88. The number of hydrogen-bond acceptors (Lipinski definition) is 4. The molecule has 2 aromatic heterocycles. The number of carbonyl (C=O) groups is 1. The van der Waals surface area contributed by atoms with Crippen LogP contribution in [0.4, 0.5) is 0 Å². The maximum absolute atomic E-state index is 10.9. The van der Waals surface area contributed by atoms with E-state index >= 15 is 0 Å². The van der Waals surface area contributed by atoms with Gasteiger partial charge in [-0.1, -0.05) is 30.3 Å². The second-order valence-electron chi connectivity index (χ2n) is 5.29. The van der Waals surface area contributed by atoms with E-state index in [-0.39, 0.29) is 5.91 Å². The predicted octanol–water partition coefficient (Wildman–Crippen LogP) is 3.82. The summed E-state index contributed by atoms with van der Waals surface area (Å²) in [5.74, 6) is 1.40. The smallest absolute Gasteiger partial charge is 0.217 e. The van der Waals surface area contributed by atoms with E-state index in [1.807, 2.05) is 23.6 Å². The first kappa shape index (κ1) is 15.5. The monoisotopic (exact) mass is 326 g/mol. The predicted molar refractivity (Wildman–Crippen MR) is 91.2 cm³/mol. The van der Waals surface area contributed by atoms with E-state index in [1.54, 1.807) is 11.3 Å². The van der Waals surface area contributed by atoms with Crippen LogP contribution in [0.1, 0.15) is 23.3 Å². The molecule has 1 amide bonds. The van der Waals surface area contributed by atoms with Gasteiger partial charge in [0.15, 0.2) is 5.76 Å². The number of hydrogen-bond donors (Lipinski definition) is 1. The van der Waals surface area contributed by atoms with E-state index in [0.29, 0.717) is 6.54 Å². The maximum Gasteiger partial charge on any atom is 0.217 e. The third kappa shape index (κ3) is 4.29. The van der Waals surface area contributed by atoms with Crippen LogP contribution in [0, 0.1) is 0 Å². The Bertz CT molecular complexity index is 777. The average Bonchev–Trinajstić information content (AvgIpc) is 3.21. The fourth-order valence-corrected chi connectivity index (χ4v) is 3.04. The summed E-state index contributed by atoms with van der Waals surface area (Å²) in [6.07, 6.45) is 1.91. The highest BCUT2D eigenvalue weighted by Gasteiger charge is 2.09. The lowest BCUT2D eigenvalue weighted by Crippen LogP contribution is -2.18. The molecule has 0 unspecified atom stereocenters. The Hall–Kier alpha value is -2.40. The molecule has 0 spiro atoms. The molecule has 0 atom stereocenters. The SMILES string of the molecule is CC(=O)NCc1ccc(-c2csc(CCc3ccccc3)n2)o1. The summed E-state index contributed by atoms with van der Waals surface area (Å²) in [5.41, 5.74) is 2.17. The van der Waals surface area contributed by atoms with Crippen molar-refractivity contribution in [3.8, 4) is 11.5 Å². The molecule has 3 rings (SSSR count). The van der Waals surface area contributed by atoms with Crippen LogP contribution in [-0.2, 0) is 24.2 Å². The molecule has 0 aliphatic rings. The van der Waals surface area contributed by atoms with Gasteiger partial charge in [-0.2, -0.15) is 0 Å². The van der Waals surface area contributed by atoms with Crippen LogP contribution in [0.5, 0.6) is 0 Å². The first-order chi connectivity index (χ1) is 11.2. The fourth-order valence-electron chi connectivity index (χ4n) is 2.26. The van der Waals surface area contributed by atoms with Crippen LogP contribution in [-0.4, -0.2) is 10.9 Å². The normalized spacial score (nSPS) is 10.7. The zero-order valence-electron chi connectivity index (χ0n) is 12.9. The molecule has 1 aromatic carbocycles. The van der Waals surface area contributed by atoms with Crippen molar-refractivity contribution in [2.75, 3.05) is 0 Å². The standard InChI is InChI=1S/C18H18N2O2S/c1-13(21)19-11-15-8-9-17(22-15)16-12-23-18(20-16)10-7-14-5-3-2-4-6-14/h2-6,8-9,12H,7,10-11H2,1H3,(H,19,21). The van der Waals surface area contributed by atoms with Gasteiger partial charge in [-0.25, -0.2) is 4.98 Å². The topological polar surface area (TPSA) is 55.1 Å². The lowest BCUT2D eigenvalue weighted by atomic mass is 10.1. The molecule has 0 aliphatic heterocycles. The maximum atomic E-state index is 10.9. The van der Waals surface area contributed by atoms with Gasteiger partial charge in [0.05, 0.1) is 11.6 Å². The molecule has 0 bridgehead atoms. The van der Waals surface area contributed by atoms with E-state index in [2.05, 4.69) is 34.6 Å². The second-order valence-corrected chi connectivity index (χ2v) is 6.23. The van der Waals surface area contributed by atoms with Crippen LogP contribution >= 0.6 is 11.3 Å². The fraction of sp³-hybridized carbons (Fsp3) is 0.222. The number of aryl methyl sites for hydroxylation is 2. The van der Waals surface area contributed by atoms with Crippen molar-refractivity contribution in [3.63, 3.8) is 0 Å². The number of nitrogens with one attached hydrogen (secondary N) is 1. The Morgan fingerprint density at radius 3 is 2.78 bits per heavy atom. The summed E-state index contributed by atoms with van der Waals surface area (Å²) in [6.45, 7) is 1.89. The van der Waals surface area contributed by atoms with Crippen molar-refractivity contribution < 1.29 is 9.21 Å². The molecule has 1 N–H and O–H groups in total. The number of carbonyl (C=O) groups excluding carboxylic acids is 1. The van der Waals surface area contributed by atoms with Gasteiger partial charge in [0.25, 0.3) is 0 Å². The molecule has 23 heavy (non-hydrogen) atoms. The summed E-state index contributed by atoms with van der Waals surface area (Å²) >= 11 is 1.65. The van der Waals surface area contributed by atoms with Crippen molar-refractivity contribution in [2.45, 2.75) is 26.3 Å². The third-order valence-corrected chi connectivity index (χ3v) is 4.36. The van der Waals surface area contributed by atoms with Crippen LogP contribution in [0.2, 0.25) is 0 Å². The van der Waals surface area contributed by atoms with Gasteiger partial charge in [0, 0.05) is 18.7 Å². The largest absolute Gasteiger partial charge is 0.458 e. The Morgan fingerprint density at radius 2 is 2.00 bits per heavy atom. The van der Waals surface area contributed by atoms with E-state index in [4.69, 9.17) is 4.42 Å². The summed E-state index contributed by atoms with van der Waals surface area (Å²) in [6, 6.07) is 14.2. The molecule has 0 fully saturated rings. The zero-order valence-corrected chi connectivity index (χ0v) is 13.7. The lowest BCUT2D eigenvalue weighted by Gasteiger charge is -1.98. The number of benzene rings is 1.